The predicted molar refractivity (Wildman–Crippen MR) is 138 cm³/mol. The summed E-state index contributed by atoms with van der Waals surface area (Å²) in [5, 5.41) is 10.8. The van der Waals surface area contributed by atoms with E-state index >= 15 is 0 Å². The molecule has 34 heavy (non-hydrogen) atoms. The number of hydrogen-bond donors (Lipinski definition) is 1. The third kappa shape index (κ3) is 4.85. The normalized spacial score (nSPS) is 17.7. The highest BCUT2D eigenvalue weighted by molar-refractivity contribution is 14.1. The summed E-state index contributed by atoms with van der Waals surface area (Å²) >= 11 is 14.3. The first-order valence-electron chi connectivity index (χ1n) is 10.7. The van der Waals surface area contributed by atoms with Crippen LogP contribution in [-0.4, -0.2) is 12.4 Å². The molecule has 2 aromatic rings. The topological polar surface area (TPSA) is 94.6 Å². The number of nitrogens with two attached hydrogens (primary N) is 1. The maximum absolute atomic E-state index is 12.9. The highest BCUT2D eigenvalue weighted by Gasteiger charge is 2.38. The molecule has 1 aliphatic heterocycles. The van der Waals surface area contributed by atoms with Crippen molar-refractivity contribution in [2.75, 3.05) is 6.61 Å². The van der Waals surface area contributed by atoms with Crippen LogP contribution in [0.1, 0.15) is 43.2 Å². The number of rotatable bonds is 6. The van der Waals surface area contributed by atoms with E-state index < -0.39 is 5.92 Å². The summed E-state index contributed by atoms with van der Waals surface area (Å²) < 4.78 is 18.4. The molecule has 1 heterocycles. The zero-order valence-electron chi connectivity index (χ0n) is 18.3. The Hall–Kier alpha value is -2.41. The number of benzene rings is 2. The molecule has 2 aromatic carbocycles. The van der Waals surface area contributed by atoms with E-state index in [2.05, 4.69) is 28.7 Å². The number of carbonyl (C=O) groups is 1. The summed E-state index contributed by atoms with van der Waals surface area (Å²) in [7, 11) is 0. The lowest BCUT2D eigenvalue weighted by atomic mass is 9.77. The van der Waals surface area contributed by atoms with Gasteiger partial charge in [0.05, 0.1) is 26.1 Å². The van der Waals surface area contributed by atoms with Crippen molar-refractivity contribution in [3.63, 3.8) is 0 Å². The van der Waals surface area contributed by atoms with E-state index in [9.17, 15) is 10.1 Å². The lowest BCUT2D eigenvalue weighted by Crippen LogP contribution is -2.27. The van der Waals surface area contributed by atoms with E-state index in [0.29, 0.717) is 58.7 Å². The second-order valence-electron chi connectivity index (χ2n) is 7.84. The van der Waals surface area contributed by atoms with Gasteiger partial charge >= 0.3 is 0 Å². The van der Waals surface area contributed by atoms with Gasteiger partial charge in [-0.05, 0) is 71.3 Å². The van der Waals surface area contributed by atoms with Gasteiger partial charge < -0.3 is 19.9 Å². The van der Waals surface area contributed by atoms with Crippen LogP contribution in [0.4, 0.5) is 0 Å². The molecule has 1 atom stereocenters. The van der Waals surface area contributed by atoms with Crippen molar-refractivity contribution >= 4 is 51.6 Å². The first kappa shape index (κ1) is 24.7. The molecular weight excluding hydrogens is 590 g/mol. The van der Waals surface area contributed by atoms with E-state index in [4.69, 9.17) is 43.1 Å². The fraction of sp³-hybridized carbons (Fsp3) is 0.280. The molecule has 0 bridgehead atoms. The highest BCUT2D eigenvalue weighted by atomic mass is 127. The zero-order chi connectivity index (χ0) is 24.4. The van der Waals surface area contributed by atoms with E-state index in [0.717, 1.165) is 14.7 Å². The minimum absolute atomic E-state index is 0.0283. The fourth-order valence-corrected chi connectivity index (χ4v) is 5.23. The van der Waals surface area contributed by atoms with Crippen LogP contribution < -0.4 is 15.2 Å². The first-order valence-corrected chi connectivity index (χ1v) is 12.5. The van der Waals surface area contributed by atoms with Crippen molar-refractivity contribution < 1.29 is 19.0 Å². The SMILES string of the molecule is CCOc1cc([C@H]2C(C#N)=C(N)OC3=C2C(=O)CCC3)cc(I)c1OCc1ccc(Cl)c(Cl)c1. The average Bonchev–Trinajstić information content (AvgIpc) is 2.80. The van der Waals surface area contributed by atoms with Crippen LogP contribution in [0.15, 0.2) is 53.1 Å². The molecule has 1 aliphatic carbocycles. The molecule has 0 fully saturated rings. The Labute approximate surface area is 221 Å². The third-order valence-corrected chi connectivity index (χ3v) is 7.18. The summed E-state index contributed by atoms with van der Waals surface area (Å²) in [4.78, 5) is 12.9. The van der Waals surface area contributed by atoms with Crippen LogP contribution in [0.3, 0.4) is 0 Å². The Morgan fingerprint density at radius 1 is 1.21 bits per heavy atom. The van der Waals surface area contributed by atoms with E-state index in [1.54, 1.807) is 12.1 Å². The number of halogens is 3. The summed E-state index contributed by atoms with van der Waals surface area (Å²) in [5.41, 5.74) is 8.38. The summed E-state index contributed by atoms with van der Waals surface area (Å²) in [6.07, 6.45) is 1.72. The number of nitrogens with zero attached hydrogens (tertiary/aromatic N) is 1. The minimum Gasteiger partial charge on any atom is -0.490 e. The highest BCUT2D eigenvalue weighted by Crippen LogP contribution is 2.46. The van der Waals surface area contributed by atoms with Gasteiger partial charge in [0.15, 0.2) is 17.3 Å². The number of ketones is 1. The Bertz CT molecular complexity index is 1270. The number of carbonyl (C=O) groups excluding carboxylic acids is 1. The molecule has 0 amide bonds. The largest absolute Gasteiger partial charge is 0.490 e. The van der Waals surface area contributed by atoms with Crippen LogP contribution in [0.2, 0.25) is 10.0 Å². The van der Waals surface area contributed by atoms with E-state index in [1.807, 2.05) is 25.1 Å². The van der Waals surface area contributed by atoms with Gasteiger partial charge in [0.25, 0.3) is 0 Å². The summed E-state index contributed by atoms with van der Waals surface area (Å²) in [6, 6.07) is 11.2. The monoisotopic (exact) mass is 610 g/mol. The average molecular weight is 611 g/mol. The molecule has 0 saturated heterocycles. The zero-order valence-corrected chi connectivity index (χ0v) is 22.0. The van der Waals surface area contributed by atoms with Gasteiger partial charge in [-0.15, -0.1) is 0 Å². The lowest BCUT2D eigenvalue weighted by molar-refractivity contribution is -0.116. The first-order chi connectivity index (χ1) is 16.3. The molecule has 0 saturated carbocycles. The second-order valence-corrected chi connectivity index (χ2v) is 9.82. The van der Waals surface area contributed by atoms with Gasteiger partial charge in [0.2, 0.25) is 5.88 Å². The Morgan fingerprint density at radius 2 is 2.00 bits per heavy atom. The number of hydrogen-bond acceptors (Lipinski definition) is 6. The van der Waals surface area contributed by atoms with Crippen LogP contribution in [0.25, 0.3) is 0 Å². The van der Waals surface area contributed by atoms with Gasteiger partial charge in [0, 0.05) is 18.4 Å². The van der Waals surface area contributed by atoms with Crippen molar-refractivity contribution in [2.24, 2.45) is 5.73 Å². The Morgan fingerprint density at radius 3 is 2.71 bits per heavy atom. The quantitative estimate of drug-likeness (QED) is 0.381. The number of ether oxygens (including phenoxy) is 3. The molecule has 2 N–H and O–H groups in total. The predicted octanol–water partition coefficient (Wildman–Crippen LogP) is 6.39. The molecule has 6 nitrogen and oxygen atoms in total. The molecule has 2 aliphatic rings. The van der Waals surface area contributed by atoms with Crippen molar-refractivity contribution in [1.29, 1.82) is 5.26 Å². The maximum atomic E-state index is 12.9. The fourth-order valence-electron chi connectivity index (χ4n) is 4.13. The molecule has 9 heteroatoms. The molecule has 0 aromatic heterocycles. The van der Waals surface area contributed by atoms with E-state index in [-0.39, 0.29) is 23.8 Å². The van der Waals surface area contributed by atoms with Gasteiger partial charge in [-0.1, -0.05) is 29.3 Å². The van der Waals surface area contributed by atoms with Crippen molar-refractivity contribution in [3.05, 3.63) is 77.9 Å². The summed E-state index contributed by atoms with van der Waals surface area (Å²) in [6.45, 7) is 2.54. The Kier molecular flexibility index (Phi) is 7.60. The molecule has 176 valence electrons. The maximum Gasteiger partial charge on any atom is 0.205 e. The van der Waals surface area contributed by atoms with Crippen LogP contribution in [-0.2, 0) is 16.1 Å². The van der Waals surface area contributed by atoms with Crippen molar-refractivity contribution in [3.8, 4) is 17.6 Å². The van der Waals surface area contributed by atoms with Crippen molar-refractivity contribution in [2.45, 2.75) is 38.7 Å². The molecular formula is C25H21Cl2IN2O4. The molecule has 0 spiro atoms. The van der Waals surface area contributed by atoms with Crippen LogP contribution in [0.5, 0.6) is 11.5 Å². The molecule has 4 rings (SSSR count). The van der Waals surface area contributed by atoms with Crippen LogP contribution >= 0.6 is 45.8 Å². The van der Waals surface area contributed by atoms with Gasteiger partial charge in [-0.25, -0.2) is 0 Å². The van der Waals surface area contributed by atoms with Crippen molar-refractivity contribution in [1.82, 2.24) is 0 Å². The molecule has 0 radical (unpaired) electrons. The number of nitriles is 1. The summed E-state index contributed by atoms with van der Waals surface area (Å²) in [5.74, 6) is 1.01. The van der Waals surface area contributed by atoms with E-state index in [1.165, 1.54) is 0 Å². The second kappa shape index (κ2) is 10.5. The third-order valence-electron chi connectivity index (χ3n) is 5.64. The van der Waals surface area contributed by atoms with Gasteiger partial charge in [-0.3, -0.25) is 4.79 Å². The standard InChI is InChI=1S/C25H21Cl2IN2O4/c1-2-32-21-10-14(9-18(28)24(21)33-12-13-6-7-16(26)17(27)8-13)22-15(11-29)25(30)34-20-5-3-4-19(31)23(20)22/h6-10,22H,2-5,12,30H2,1H3/t22-/m0/s1. The minimum atomic E-state index is -0.613. The van der Waals surface area contributed by atoms with Gasteiger partial charge in [-0.2, -0.15) is 5.26 Å². The smallest absolute Gasteiger partial charge is 0.205 e. The Balaban J connectivity index is 1.74. The number of Topliss-reactive ketones (excluding diaryl/α,β-unsaturated/α-hetero) is 1. The number of allylic oxidation sites excluding steroid dienone is 3. The van der Waals surface area contributed by atoms with Crippen LogP contribution in [0, 0.1) is 14.9 Å². The van der Waals surface area contributed by atoms with Gasteiger partial charge in [0.1, 0.15) is 24.0 Å². The lowest BCUT2D eigenvalue weighted by Gasteiger charge is -2.31. The molecule has 0 unspecified atom stereocenters.